The fourth-order valence-corrected chi connectivity index (χ4v) is 9.14. The number of rotatable bonds is 7. The minimum Gasteiger partial charge on any atom is -0.396 e. The van der Waals surface area contributed by atoms with Crippen LogP contribution in [-0.4, -0.2) is 51.1 Å². The van der Waals surface area contributed by atoms with Crippen molar-refractivity contribution in [3.05, 3.63) is 11.6 Å². The van der Waals surface area contributed by atoms with Gasteiger partial charge in [0.1, 0.15) is 0 Å². The molecule has 34 heavy (non-hydrogen) atoms. The molecule has 0 aliphatic heterocycles. The van der Waals surface area contributed by atoms with Crippen molar-refractivity contribution in [3.8, 4) is 0 Å². The molecule has 0 amide bonds. The van der Waals surface area contributed by atoms with Gasteiger partial charge in [-0.05, 0) is 85.5 Å². The number of aliphatic hydroxyl groups excluding tert-OH is 4. The monoisotopic (exact) mass is 476 g/mol. The SMILES string of the molecule is CC(C)[C@@H](CCO)CC[C@@H](C)C1C[C@@H](O)C2C3C(=O)C=C4C[C@@H](O)CC[C@]4(C)C3[C@H](O)C[C@]12C. The third kappa shape index (κ3) is 4.23. The van der Waals surface area contributed by atoms with Gasteiger partial charge in [-0.3, -0.25) is 4.79 Å². The summed E-state index contributed by atoms with van der Waals surface area (Å²) in [4.78, 5) is 13.5. The van der Waals surface area contributed by atoms with Crippen LogP contribution in [0.4, 0.5) is 0 Å². The van der Waals surface area contributed by atoms with Crippen LogP contribution in [0, 0.1) is 52.3 Å². The molecule has 0 radical (unpaired) electrons. The summed E-state index contributed by atoms with van der Waals surface area (Å²) in [5.74, 6) is 1.09. The molecule has 4 rings (SSSR count). The number of carbonyl (C=O) groups excluding carboxylic acids is 1. The van der Waals surface area contributed by atoms with Gasteiger partial charge < -0.3 is 20.4 Å². The molecule has 4 unspecified atom stereocenters. The number of aliphatic hydroxyl groups is 4. The zero-order chi connectivity index (χ0) is 25.0. The molecule has 0 aromatic heterocycles. The van der Waals surface area contributed by atoms with Crippen LogP contribution in [0.15, 0.2) is 11.6 Å². The highest BCUT2D eigenvalue weighted by Crippen LogP contribution is 2.66. The molecule has 4 N–H and O–H groups in total. The molecule has 11 atom stereocenters. The number of ketones is 1. The molecule has 0 saturated heterocycles. The van der Waals surface area contributed by atoms with Gasteiger partial charge in [0.05, 0.1) is 18.3 Å². The largest absolute Gasteiger partial charge is 0.396 e. The van der Waals surface area contributed by atoms with E-state index in [4.69, 9.17) is 0 Å². The lowest BCUT2D eigenvalue weighted by Gasteiger charge is -2.59. The predicted octanol–water partition coefficient (Wildman–Crippen LogP) is 4.12. The second-order valence-electron chi connectivity index (χ2n) is 13.2. The van der Waals surface area contributed by atoms with E-state index in [-0.39, 0.29) is 46.9 Å². The van der Waals surface area contributed by atoms with Crippen LogP contribution in [0.2, 0.25) is 0 Å². The summed E-state index contributed by atoms with van der Waals surface area (Å²) in [7, 11) is 0. The van der Waals surface area contributed by atoms with E-state index in [1.807, 2.05) is 0 Å². The van der Waals surface area contributed by atoms with Gasteiger partial charge in [-0.1, -0.05) is 46.6 Å². The van der Waals surface area contributed by atoms with Gasteiger partial charge in [0, 0.05) is 24.4 Å². The van der Waals surface area contributed by atoms with E-state index in [2.05, 4.69) is 34.6 Å². The molecule has 0 aromatic carbocycles. The standard InChI is InChI=1S/C29H48O5/c1-16(2)18(9-11-30)7-6-17(3)21-14-23(33)26-25-22(32)13-19-12-20(31)8-10-28(19,4)27(25)24(34)15-29(21,26)5/h13,16-18,20-21,23-27,30-31,33-34H,6-12,14-15H2,1-5H3/t17-,18-,20+,21?,23-,24-,25?,26?,27?,28+,29-/m1/s1. The average Bonchev–Trinajstić information content (AvgIpc) is 3.01. The highest BCUT2D eigenvalue weighted by atomic mass is 16.3. The minimum absolute atomic E-state index is 0.0525. The van der Waals surface area contributed by atoms with Gasteiger partial charge in [0.25, 0.3) is 0 Å². The van der Waals surface area contributed by atoms with Crippen LogP contribution < -0.4 is 0 Å². The van der Waals surface area contributed by atoms with Crippen molar-refractivity contribution in [3.63, 3.8) is 0 Å². The Bertz CT molecular complexity index is 791. The molecule has 0 heterocycles. The van der Waals surface area contributed by atoms with Crippen molar-refractivity contribution in [1.82, 2.24) is 0 Å². The van der Waals surface area contributed by atoms with Gasteiger partial charge in [0.15, 0.2) is 5.78 Å². The first-order chi connectivity index (χ1) is 15.9. The normalized spacial score (nSPS) is 45.9. The van der Waals surface area contributed by atoms with Gasteiger partial charge >= 0.3 is 0 Å². The highest BCUT2D eigenvalue weighted by Gasteiger charge is 2.66. The van der Waals surface area contributed by atoms with Gasteiger partial charge in [-0.25, -0.2) is 0 Å². The lowest BCUT2D eigenvalue weighted by Crippen LogP contribution is -2.60. The molecule has 5 nitrogen and oxygen atoms in total. The predicted molar refractivity (Wildman–Crippen MR) is 133 cm³/mol. The number of carbonyl (C=O) groups is 1. The van der Waals surface area contributed by atoms with E-state index in [1.54, 1.807) is 6.08 Å². The van der Waals surface area contributed by atoms with E-state index >= 15 is 0 Å². The van der Waals surface area contributed by atoms with Crippen molar-refractivity contribution >= 4 is 5.78 Å². The van der Waals surface area contributed by atoms with Crippen LogP contribution in [0.1, 0.15) is 86.0 Å². The van der Waals surface area contributed by atoms with Crippen LogP contribution in [0.25, 0.3) is 0 Å². The van der Waals surface area contributed by atoms with E-state index in [0.29, 0.717) is 43.4 Å². The third-order valence-electron chi connectivity index (χ3n) is 11.0. The summed E-state index contributed by atoms with van der Waals surface area (Å²) in [5.41, 5.74) is 0.452. The Morgan fingerprint density at radius 2 is 1.74 bits per heavy atom. The molecule has 4 aliphatic rings. The molecule has 4 aliphatic carbocycles. The Balaban J connectivity index is 1.59. The maximum absolute atomic E-state index is 13.5. The molecule has 3 saturated carbocycles. The Hall–Kier alpha value is -0.750. The lowest BCUT2D eigenvalue weighted by molar-refractivity contribution is -0.161. The summed E-state index contributed by atoms with van der Waals surface area (Å²) >= 11 is 0. The Morgan fingerprint density at radius 3 is 2.38 bits per heavy atom. The van der Waals surface area contributed by atoms with Crippen molar-refractivity contribution in [1.29, 1.82) is 0 Å². The molecule has 3 fully saturated rings. The summed E-state index contributed by atoms with van der Waals surface area (Å²) in [6.45, 7) is 11.4. The zero-order valence-corrected chi connectivity index (χ0v) is 21.9. The fourth-order valence-electron chi connectivity index (χ4n) is 9.14. The molecule has 194 valence electrons. The van der Waals surface area contributed by atoms with E-state index in [1.165, 1.54) is 0 Å². The minimum atomic E-state index is -0.572. The fraction of sp³-hybridized carbons (Fsp3) is 0.897. The van der Waals surface area contributed by atoms with Crippen LogP contribution >= 0.6 is 0 Å². The number of hydrogen-bond donors (Lipinski definition) is 4. The molecular formula is C29H48O5. The first-order valence-corrected chi connectivity index (χ1v) is 13.8. The van der Waals surface area contributed by atoms with Crippen LogP contribution in [-0.2, 0) is 4.79 Å². The van der Waals surface area contributed by atoms with Crippen molar-refractivity contribution < 1.29 is 25.2 Å². The Labute approximate surface area is 206 Å². The van der Waals surface area contributed by atoms with E-state index < -0.39 is 18.3 Å². The molecule has 5 heteroatoms. The molecular weight excluding hydrogens is 428 g/mol. The summed E-state index contributed by atoms with van der Waals surface area (Å²) in [6.07, 6.45) is 6.54. The van der Waals surface area contributed by atoms with Gasteiger partial charge in [-0.2, -0.15) is 0 Å². The Morgan fingerprint density at radius 1 is 1.03 bits per heavy atom. The van der Waals surface area contributed by atoms with Crippen molar-refractivity contribution in [2.75, 3.05) is 6.61 Å². The second kappa shape index (κ2) is 9.61. The Kier molecular flexibility index (Phi) is 7.44. The summed E-state index contributed by atoms with van der Waals surface area (Å²) < 4.78 is 0. The highest BCUT2D eigenvalue weighted by molar-refractivity contribution is 5.94. The number of allylic oxidation sites excluding steroid dienone is 1. The lowest BCUT2D eigenvalue weighted by atomic mass is 9.45. The van der Waals surface area contributed by atoms with E-state index in [0.717, 1.165) is 31.3 Å². The second-order valence-corrected chi connectivity index (χ2v) is 13.2. The zero-order valence-electron chi connectivity index (χ0n) is 21.9. The number of fused-ring (bicyclic) bond motifs is 5. The first kappa shape index (κ1) is 26.3. The quantitative estimate of drug-likeness (QED) is 0.443. The number of hydrogen-bond acceptors (Lipinski definition) is 5. The maximum Gasteiger partial charge on any atom is 0.159 e. The summed E-state index contributed by atoms with van der Waals surface area (Å²) in [6, 6.07) is 0. The smallest absolute Gasteiger partial charge is 0.159 e. The van der Waals surface area contributed by atoms with Gasteiger partial charge in [0.2, 0.25) is 0 Å². The van der Waals surface area contributed by atoms with Gasteiger partial charge in [-0.15, -0.1) is 0 Å². The molecule has 0 bridgehead atoms. The van der Waals surface area contributed by atoms with Crippen LogP contribution in [0.3, 0.4) is 0 Å². The van der Waals surface area contributed by atoms with Crippen molar-refractivity contribution in [2.24, 2.45) is 52.3 Å². The topological polar surface area (TPSA) is 98.0 Å². The summed E-state index contributed by atoms with van der Waals surface area (Å²) in [5, 5.41) is 42.7. The van der Waals surface area contributed by atoms with E-state index in [9.17, 15) is 25.2 Å². The maximum atomic E-state index is 13.5. The third-order valence-corrected chi connectivity index (χ3v) is 11.0. The van der Waals surface area contributed by atoms with Crippen LogP contribution in [0.5, 0.6) is 0 Å². The first-order valence-electron chi connectivity index (χ1n) is 13.8. The molecule has 0 aromatic rings. The average molecular weight is 477 g/mol. The van der Waals surface area contributed by atoms with Crippen molar-refractivity contribution in [2.45, 2.75) is 104 Å². The molecule has 0 spiro atoms.